The smallest absolute Gasteiger partial charge is 0.410 e. The van der Waals surface area contributed by atoms with Crippen molar-refractivity contribution in [3.8, 4) is 11.3 Å². The number of benzene rings is 1. The van der Waals surface area contributed by atoms with Crippen LogP contribution in [-0.4, -0.2) is 74.6 Å². The summed E-state index contributed by atoms with van der Waals surface area (Å²) < 4.78 is 5.48. The summed E-state index contributed by atoms with van der Waals surface area (Å²) in [5.74, 6) is 0.587. The summed E-state index contributed by atoms with van der Waals surface area (Å²) in [4.78, 5) is 41.8. The van der Waals surface area contributed by atoms with Crippen molar-refractivity contribution < 1.29 is 14.3 Å². The van der Waals surface area contributed by atoms with Gasteiger partial charge in [0.2, 0.25) is 11.9 Å². The molecule has 2 fully saturated rings. The number of carbonyl (C=O) groups is 2. The Morgan fingerprint density at radius 3 is 2.63 bits per heavy atom. The summed E-state index contributed by atoms with van der Waals surface area (Å²) >= 11 is 6.49. The number of rotatable bonds is 4. The highest BCUT2D eigenvalue weighted by molar-refractivity contribution is 6.33. The van der Waals surface area contributed by atoms with Gasteiger partial charge in [-0.2, -0.15) is 0 Å². The van der Waals surface area contributed by atoms with Crippen LogP contribution in [-0.2, 0) is 9.53 Å². The highest BCUT2D eigenvalue weighted by Crippen LogP contribution is 2.32. The first-order chi connectivity index (χ1) is 18.2. The van der Waals surface area contributed by atoms with Crippen molar-refractivity contribution in [1.82, 2.24) is 24.8 Å². The highest BCUT2D eigenvalue weighted by atomic mass is 35.5. The molecule has 2 aromatic heterocycles. The maximum absolute atomic E-state index is 13.3. The molecular weight excluding hydrogens is 504 g/mol. The molecule has 0 unspecified atom stereocenters. The SMILES string of the molecule is CC(C)(C)OC(=O)N1CCC(C(=O)N2CCC[C@@H](Nc3ncc(Cl)c(-c4c[nH]c5ccccc45)n3)C2)CC1. The van der Waals surface area contributed by atoms with Gasteiger partial charge in [-0.25, -0.2) is 14.8 Å². The minimum Gasteiger partial charge on any atom is -0.444 e. The molecule has 202 valence electrons. The van der Waals surface area contributed by atoms with E-state index in [0.29, 0.717) is 49.1 Å². The fourth-order valence-electron chi connectivity index (χ4n) is 5.26. The number of carbonyl (C=O) groups excluding carboxylic acids is 2. The van der Waals surface area contributed by atoms with Crippen molar-refractivity contribution in [2.24, 2.45) is 5.92 Å². The first-order valence-corrected chi connectivity index (χ1v) is 13.7. The quantitative estimate of drug-likeness (QED) is 0.465. The van der Waals surface area contributed by atoms with E-state index < -0.39 is 5.60 Å². The van der Waals surface area contributed by atoms with Crippen molar-refractivity contribution in [2.45, 2.75) is 58.1 Å². The Bertz CT molecular complexity index is 1310. The van der Waals surface area contributed by atoms with Crippen LogP contribution in [0.4, 0.5) is 10.7 Å². The monoisotopic (exact) mass is 538 g/mol. The predicted octanol–water partition coefficient (Wildman–Crippen LogP) is 5.33. The zero-order valence-corrected chi connectivity index (χ0v) is 22.9. The number of fused-ring (bicyclic) bond motifs is 1. The number of amides is 2. The van der Waals surface area contributed by atoms with E-state index in [1.54, 1.807) is 11.1 Å². The van der Waals surface area contributed by atoms with Crippen LogP contribution in [0.25, 0.3) is 22.2 Å². The van der Waals surface area contributed by atoms with Gasteiger partial charge in [-0.05, 0) is 52.5 Å². The lowest BCUT2D eigenvalue weighted by Crippen LogP contribution is -2.50. The van der Waals surface area contributed by atoms with Gasteiger partial charge in [-0.1, -0.05) is 29.8 Å². The molecule has 9 nitrogen and oxygen atoms in total. The number of halogens is 1. The number of nitrogens with zero attached hydrogens (tertiary/aromatic N) is 4. The minimum atomic E-state index is -0.524. The molecule has 2 aliphatic rings. The number of nitrogens with one attached hydrogen (secondary N) is 2. The molecule has 38 heavy (non-hydrogen) atoms. The Labute approximate surface area is 227 Å². The third kappa shape index (κ3) is 5.88. The lowest BCUT2D eigenvalue weighted by atomic mass is 9.94. The molecule has 1 aromatic carbocycles. The zero-order chi connectivity index (χ0) is 26.9. The second kappa shape index (κ2) is 10.8. The second-order valence-corrected chi connectivity index (χ2v) is 11.6. The molecule has 0 radical (unpaired) electrons. The Morgan fingerprint density at radius 2 is 1.87 bits per heavy atom. The predicted molar refractivity (Wildman–Crippen MR) is 148 cm³/mol. The molecule has 0 saturated carbocycles. The van der Waals surface area contributed by atoms with Crippen molar-refractivity contribution in [1.29, 1.82) is 0 Å². The molecule has 1 atom stereocenters. The van der Waals surface area contributed by atoms with Crippen molar-refractivity contribution in [3.63, 3.8) is 0 Å². The molecule has 5 rings (SSSR count). The van der Waals surface area contributed by atoms with Crippen molar-refractivity contribution in [3.05, 3.63) is 41.7 Å². The van der Waals surface area contributed by atoms with Crippen molar-refractivity contribution in [2.75, 3.05) is 31.5 Å². The van der Waals surface area contributed by atoms with Crippen LogP contribution in [0, 0.1) is 5.92 Å². The number of hydrogen-bond acceptors (Lipinski definition) is 6. The number of piperidine rings is 2. The molecule has 0 spiro atoms. The van der Waals surface area contributed by atoms with Gasteiger partial charge in [0.15, 0.2) is 0 Å². The average Bonchev–Trinajstić information content (AvgIpc) is 3.33. The number of anilines is 1. The molecule has 4 heterocycles. The number of likely N-dealkylation sites (tertiary alicyclic amines) is 2. The van der Waals surface area contributed by atoms with Gasteiger partial charge in [-0.3, -0.25) is 4.79 Å². The van der Waals surface area contributed by atoms with Gasteiger partial charge in [0.05, 0.1) is 16.9 Å². The van der Waals surface area contributed by atoms with Gasteiger partial charge < -0.3 is 24.8 Å². The van der Waals surface area contributed by atoms with Crippen LogP contribution in [0.5, 0.6) is 0 Å². The largest absolute Gasteiger partial charge is 0.444 e. The van der Waals surface area contributed by atoms with Crippen LogP contribution in [0.3, 0.4) is 0 Å². The maximum atomic E-state index is 13.3. The van der Waals surface area contributed by atoms with Crippen molar-refractivity contribution >= 4 is 40.5 Å². The summed E-state index contributed by atoms with van der Waals surface area (Å²) in [6.45, 7) is 8.00. The summed E-state index contributed by atoms with van der Waals surface area (Å²) in [5.41, 5.74) is 2.09. The standard InChI is InChI=1S/C28H35ClN6O3/c1-28(2,3)38-27(37)34-13-10-18(11-14-34)25(36)35-12-6-7-19(17-35)32-26-31-16-22(29)24(33-26)21-15-30-23-9-5-4-8-20(21)23/h4-5,8-9,15-16,18-19,30H,6-7,10-14,17H2,1-3H3,(H,31,32,33)/t19-/m1/s1. The summed E-state index contributed by atoms with van der Waals surface area (Å²) in [6, 6.07) is 8.07. The molecule has 10 heteroatoms. The first kappa shape index (κ1) is 26.3. The number of aromatic nitrogens is 3. The third-order valence-corrected chi connectivity index (χ3v) is 7.43. The lowest BCUT2D eigenvalue weighted by Gasteiger charge is -2.38. The molecule has 2 amide bonds. The molecule has 0 aliphatic carbocycles. The number of ether oxygens (including phenoxy) is 1. The van der Waals surface area contributed by atoms with Gasteiger partial charge in [0, 0.05) is 60.8 Å². The van der Waals surface area contributed by atoms with E-state index in [2.05, 4.69) is 15.3 Å². The average molecular weight is 539 g/mol. The Hall–Kier alpha value is -3.33. The number of aromatic amines is 1. The summed E-state index contributed by atoms with van der Waals surface area (Å²) in [7, 11) is 0. The van der Waals surface area contributed by atoms with Crippen LogP contribution >= 0.6 is 11.6 Å². The Balaban J connectivity index is 1.20. The highest BCUT2D eigenvalue weighted by Gasteiger charge is 2.34. The van der Waals surface area contributed by atoms with E-state index in [1.807, 2.05) is 56.1 Å². The molecular formula is C28H35ClN6O3. The summed E-state index contributed by atoms with van der Waals surface area (Å²) in [5, 5.41) is 4.97. The zero-order valence-electron chi connectivity index (χ0n) is 22.2. The number of hydrogen-bond donors (Lipinski definition) is 2. The third-order valence-electron chi connectivity index (χ3n) is 7.15. The molecule has 2 aliphatic heterocycles. The van der Waals surface area contributed by atoms with E-state index in [4.69, 9.17) is 21.3 Å². The van der Waals surface area contributed by atoms with Gasteiger partial charge in [0.1, 0.15) is 5.60 Å². The van der Waals surface area contributed by atoms with Gasteiger partial charge in [-0.15, -0.1) is 0 Å². The summed E-state index contributed by atoms with van der Waals surface area (Å²) in [6.07, 6.45) is 6.37. The lowest BCUT2D eigenvalue weighted by molar-refractivity contribution is -0.138. The van der Waals surface area contributed by atoms with E-state index in [1.165, 1.54) is 0 Å². The van der Waals surface area contributed by atoms with Gasteiger partial charge in [0.25, 0.3) is 0 Å². The molecule has 3 aromatic rings. The van der Waals surface area contributed by atoms with E-state index >= 15 is 0 Å². The van der Waals surface area contributed by atoms with Crippen LogP contribution < -0.4 is 5.32 Å². The molecule has 2 saturated heterocycles. The topological polar surface area (TPSA) is 103 Å². The van der Waals surface area contributed by atoms with E-state index in [-0.39, 0.29) is 24.0 Å². The Kier molecular flexibility index (Phi) is 7.47. The first-order valence-electron chi connectivity index (χ1n) is 13.3. The molecule has 0 bridgehead atoms. The van der Waals surface area contributed by atoms with Crippen LogP contribution in [0.15, 0.2) is 36.7 Å². The fraction of sp³-hybridized carbons (Fsp3) is 0.500. The second-order valence-electron chi connectivity index (χ2n) is 11.1. The van der Waals surface area contributed by atoms with Crippen LogP contribution in [0.1, 0.15) is 46.5 Å². The van der Waals surface area contributed by atoms with E-state index in [0.717, 1.165) is 35.9 Å². The van der Waals surface area contributed by atoms with Gasteiger partial charge >= 0.3 is 6.09 Å². The number of H-pyrrole nitrogens is 1. The maximum Gasteiger partial charge on any atom is 0.410 e. The van der Waals surface area contributed by atoms with Crippen LogP contribution in [0.2, 0.25) is 5.02 Å². The fourth-order valence-corrected chi connectivity index (χ4v) is 5.46. The number of para-hydroxylation sites is 1. The Morgan fingerprint density at radius 1 is 1.11 bits per heavy atom. The molecule has 2 N–H and O–H groups in total. The minimum absolute atomic E-state index is 0.0477. The normalized spacial score (nSPS) is 19.0. The van der Waals surface area contributed by atoms with E-state index in [9.17, 15) is 9.59 Å².